The van der Waals surface area contributed by atoms with Crippen LogP contribution in [0.15, 0.2) is 0 Å². The molecule has 0 aliphatic heterocycles. The molecule has 1 atom stereocenters. The lowest BCUT2D eigenvalue weighted by Crippen LogP contribution is -2.18. The molecule has 1 spiro atoms. The highest BCUT2D eigenvalue weighted by Gasteiger charge is 2.67. The molecule has 0 N–H and O–H groups in total. The first-order chi connectivity index (χ1) is 5.98. The standard InChI is InChI=1S/C9H13ClO2S/c10-13(11,12)9(3-4-9)6-7-5-8(7)1-2-8/h7H,1-6H2. The minimum absolute atomic E-state index is 0.495. The second-order valence-corrected chi connectivity index (χ2v) is 8.05. The molecular formula is C9H13ClO2S. The molecule has 0 amide bonds. The van der Waals surface area contributed by atoms with Crippen LogP contribution in [0.4, 0.5) is 0 Å². The maximum Gasteiger partial charge on any atom is 0.238 e. The zero-order valence-electron chi connectivity index (χ0n) is 7.42. The van der Waals surface area contributed by atoms with Crippen LogP contribution in [0, 0.1) is 11.3 Å². The second-order valence-electron chi connectivity index (χ2n) is 5.09. The maximum absolute atomic E-state index is 11.3. The number of hydrogen-bond donors (Lipinski definition) is 0. The number of hydrogen-bond acceptors (Lipinski definition) is 2. The van der Waals surface area contributed by atoms with Crippen molar-refractivity contribution in [2.75, 3.05) is 0 Å². The van der Waals surface area contributed by atoms with Gasteiger partial charge >= 0.3 is 0 Å². The molecule has 1 unspecified atom stereocenters. The summed E-state index contributed by atoms with van der Waals surface area (Å²) in [5, 5.41) is 0. The molecule has 0 radical (unpaired) electrons. The minimum atomic E-state index is -3.30. The summed E-state index contributed by atoms with van der Waals surface area (Å²) < 4.78 is 22.1. The van der Waals surface area contributed by atoms with E-state index in [0.29, 0.717) is 11.3 Å². The van der Waals surface area contributed by atoms with Crippen LogP contribution < -0.4 is 0 Å². The molecule has 13 heavy (non-hydrogen) atoms. The third-order valence-corrected chi connectivity index (χ3v) is 6.79. The van der Waals surface area contributed by atoms with Crippen LogP contribution in [0.3, 0.4) is 0 Å². The van der Waals surface area contributed by atoms with Gasteiger partial charge in [0.2, 0.25) is 9.05 Å². The zero-order chi connectivity index (χ0) is 9.32. The molecule has 3 aliphatic carbocycles. The Morgan fingerprint density at radius 1 is 1.23 bits per heavy atom. The van der Waals surface area contributed by atoms with Crippen molar-refractivity contribution >= 4 is 19.7 Å². The molecule has 3 saturated carbocycles. The van der Waals surface area contributed by atoms with Gasteiger partial charge in [-0.05, 0) is 49.9 Å². The summed E-state index contributed by atoms with van der Waals surface area (Å²) in [5.41, 5.74) is 0.608. The van der Waals surface area contributed by atoms with Gasteiger partial charge in [-0.15, -0.1) is 0 Å². The Kier molecular flexibility index (Phi) is 1.37. The normalized spacial score (nSPS) is 37.5. The Labute approximate surface area is 83.1 Å². The summed E-state index contributed by atoms with van der Waals surface area (Å²) >= 11 is 0. The summed E-state index contributed by atoms with van der Waals surface area (Å²) in [5.74, 6) is 0.684. The fourth-order valence-corrected chi connectivity index (χ4v) is 4.27. The average Bonchev–Trinajstić information content (AvgIpc) is 2.82. The van der Waals surface area contributed by atoms with E-state index in [0.717, 1.165) is 19.3 Å². The third-order valence-electron chi connectivity index (χ3n) is 4.19. The van der Waals surface area contributed by atoms with Gasteiger partial charge in [0, 0.05) is 10.7 Å². The SMILES string of the molecule is O=S(=O)(Cl)C1(CC2CC23CC3)CC1. The molecule has 4 heteroatoms. The first-order valence-electron chi connectivity index (χ1n) is 4.92. The van der Waals surface area contributed by atoms with E-state index in [1.165, 1.54) is 19.3 Å². The highest BCUT2D eigenvalue weighted by atomic mass is 35.7. The first kappa shape index (κ1) is 8.54. The first-order valence-corrected chi connectivity index (χ1v) is 7.23. The van der Waals surface area contributed by atoms with Crippen molar-refractivity contribution in [3.05, 3.63) is 0 Å². The number of rotatable bonds is 3. The van der Waals surface area contributed by atoms with E-state index < -0.39 is 13.8 Å². The van der Waals surface area contributed by atoms with Crippen LogP contribution in [0.2, 0.25) is 0 Å². The molecule has 0 heterocycles. The summed E-state index contributed by atoms with van der Waals surface area (Å²) in [7, 11) is 2.15. The van der Waals surface area contributed by atoms with Gasteiger partial charge in [-0.2, -0.15) is 0 Å². The lowest BCUT2D eigenvalue weighted by atomic mass is 10.1. The van der Waals surface area contributed by atoms with Crippen LogP contribution in [-0.2, 0) is 9.05 Å². The van der Waals surface area contributed by atoms with E-state index in [2.05, 4.69) is 0 Å². The van der Waals surface area contributed by atoms with Gasteiger partial charge in [0.05, 0.1) is 4.75 Å². The smallest absolute Gasteiger partial charge is 0.212 e. The lowest BCUT2D eigenvalue weighted by molar-refractivity contribution is 0.555. The average molecular weight is 221 g/mol. The van der Waals surface area contributed by atoms with E-state index in [1.807, 2.05) is 0 Å². The van der Waals surface area contributed by atoms with E-state index >= 15 is 0 Å². The van der Waals surface area contributed by atoms with Crippen LogP contribution in [0.25, 0.3) is 0 Å². The van der Waals surface area contributed by atoms with Crippen LogP contribution in [-0.4, -0.2) is 13.2 Å². The summed E-state index contributed by atoms with van der Waals surface area (Å²) in [6.45, 7) is 0. The lowest BCUT2D eigenvalue weighted by Gasteiger charge is -2.09. The molecule has 2 nitrogen and oxygen atoms in total. The topological polar surface area (TPSA) is 34.1 Å². The summed E-state index contributed by atoms with van der Waals surface area (Å²) in [6.07, 6.45) is 6.36. The Morgan fingerprint density at radius 3 is 2.15 bits per heavy atom. The van der Waals surface area contributed by atoms with Gasteiger partial charge in [-0.25, -0.2) is 8.42 Å². The third kappa shape index (κ3) is 1.16. The van der Waals surface area contributed by atoms with Gasteiger partial charge in [-0.1, -0.05) is 0 Å². The van der Waals surface area contributed by atoms with E-state index in [4.69, 9.17) is 10.7 Å². The molecule has 0 saturated heterocycles. The monoisotopic (exact) mass is 220 g/mol. The molecule has 3 fully saturated rings. The zero-order valence-corrected chi connectivity index (χ0v) is 9.00. The van der Waals surface area contributed by atoms with E-state index in [9.17, 15) is 8.42 Å². The Bertz CT molecular complexity index is 352. The highest BCUT2D eigenvalue weighted by Crippen LogP contribution is 2.74. The highest BCUT2D eigenvalue weighted by molar-refractivity contribution is 8.15. The molecule has 0 aromatic carbocycles. The van der Waals surface area contributed by atoms with Gasteiger partial charge in [0.1, 0.15) is 0 Å². The van der Waals surface area contributed by atoms with Crippen molar-refractivity contribution in [1.29, 1.82) is 0 Å². The summed E-state index contributed by atoms with van der Waals surface area (Å²) in [4.78, 5) is 0. The van der Waals surface area contributed by atoms with Crippen LogP contribution >= 0.6 is 10.7 Å². The second kappa shape index (κ2) is 2.08. The largest absolute Gasteiger partial charge is 0.238 e. The van der Waals surface area contributed by atoms with Gasteiger partial charge in [0.25, 0.3) is 0 Å². The van der Waals surface area contributed by atoms with Crippen molar-refractivity contribution in [3.63, 3.8) is 0 Å². The molecule has 0 aromatic heterocycles. The number of halogens is 1. The van der Waals surface area contributed by atoms with Gasteiger partial charge in [0.15, 0.2) is 0 Å². The van der Waals surface area contributed by atoms with Crippen LogP contribution in [0.1, 0.15) is 38.5 Å². The van der Waals surface area contributed by atoms with Crippen molar-refractivity contribution in [2.45, 2.75) is 43.3 Å². The van der Waals surface area contributed by atoms with Crippen molar-refractivity contribution in [3.8, 4) is 0 Å². The molecular weight excluding hydrogens is 208 g/mol. The van der Waals surface area contributed by atoms with Gasteiger partial charge in [-0.3, -0.25) is 0 Å². The van der Waals surface area contributed by atoms with Crippen molar-refractivity contribution in [2.24, 2.45) is 11.3 Å². The molecule has 74 valence electrons. The Balaban J connectivity index is 1.73. The molecule has 3 aliphatic rings. The summed E-state index contributed by atoms with van der Waals surface area (Å²) in [6, 6.07) is 0. The van der Waals surface area contributed by atoms with Crippen LogP contribution in [0.5, 0.6) is 0 Å². The predicted octanol–water partition coefficient (Wildman–Crippen LogP) is 2.28. The maximum atomic E-state index is 11.3. The predicted molar refractivity (Wildman–Crippen MR) is 51.1 cm³/mol. The molecule has 3 rings (SSSR count). The van der Waals surface area contributed by atoms with Gasteiger partial charge < -0.3 is 0 Å². The minimum Gasteiger partial charge on any atom is -0.212 e. The molecule has 0 aromatic rings. The fraction of sp³-hybridized carbons (Fsp3) is 1.00. The fourth-order valence-electron chi connectivity index (χ4n) is 2.63. The Hall–Kier alpha value is 0.240. The van der Waals surface area contributed by atoms with E-state index in [1.54, 1.807) is 0 Å². The quantitative estimate of drug-likeness (QED) is 0.684. The van der Waals surface area contributed by atoms with Crippen molar-refractivity contribution in [1.82, 2.24) is 0 Å². The van der Waals surface area contributed by atoms with E-state index in [-0.39, 0.29) is 0 Å². The Morgan fingerprint density at radius 2 is 1.85 bits per heavy atom. The molecule has 0 bridgehead atoms. The van der Waals surface area contributed by atoms with Crippen molar-refractivity contribution < 1.29 is 8.42 Å².